The second kappa shape index (κ2) is 3.55. The standard InChI is InChI=1S/C12H13BrN2O/c1-7(8-2-3-8)15-6-9-4-10(13)5-14-11(9)12(15)16/h4-5,7-8H,2-3,6H2,1H3/t7-/m0/s1. The topological polar surface area (TPSA) is 33.2 Å². The van der Waals surface area contributed by atoms with Crippen LogP contribution in [-0.2, 0) is 6.54 Å². The zero-order valence-corrected chi connectivity index (χ0v) is 10.7. The molecule has 1 atom stereocenters. The van der Waals surface area contributed by atoms with Crippen molar-refractivity contribution in [1.82, 2.24) is 9.88 Å². The summed E-state index contributed by atoms with van der Waals surface area (Å²) in [5.41, 5.74) is 1.68. The molecule has 16 heavy (non-hydrogen) atoms. The van der Waals surface area contributed by atoms with Crippen molar-refractivity contribution < 1.29 is 4.79 Å². The van der Waals surface area contributed by atoms with E-state index in [2.05, 4.69) is 27.8 Å². The van der Waals surface area contributed by atoms with Crippen LogP contribution in [0, 0.1) is 5.92 Å². The van der Waals surface area contributed by atoms with Crippen LogP contribution in [0.5, 0.6) is 0 Å². The number of amides is 1. The maximum Gasteiger partial charge on any atom is 0.273 e. The summed E-state index contributed by atoms with van der Waals surface area (Å²) in [6, 6.07) is 2.36. The number of rotatable bonds is 2. The van der Waals surface area contributed by atoms with Gasteiger partial charge in [0.15, 0.2) is 0 Å². The summed E-state index contributed by atoms with van der Waals surface area (Å²) in [6.07, 6.45) is 4.22. The molecule has 0 bridgehead atoms. The van der Waals surface area contributed by atoms with Crippen LogP contribution >= 0.6 is 15.9 Å². The minimum Gasteiger partial charge on any atom is -0.330 e. The first-order valence-electron chi connectivity index (χ1n) is 5.62. The molecule has 1 amide bonds. The summed E-state index contributed by atoms with van der Waals surface area (Å²) in [5, 5.41) is 0. The number of fused-ring (bicyclic) bond motifs is 1. The van der Waals surface area contributed by atoms with E-state index in [1.54, 1.807) is 6.20 Å². The summed E-state index contributed by atoms with van der Waals surface area (Å²) in [4.78, 5) is 18.3. The fourth-order valence-corrected chi connectivity index (χ4v) is 2.73. The van der Waals surface area contributed by atoms with E-state index in [1.165, 1.54) is 12.8 Å². The van der Waals surface area contributed by atoms with Crippen LogP contribution in [0.2, 0.25) is 0 Å². The van der Waals surface area contributed by atoms with Gasteiger partial charge < -0.3 is 4.90 Å². The highest BCUT2D eigenvalue weighted by Crippen LogP contribution is 2.38. The molecule has 0 aromatic carbocycles. The van der Waals surface area contributed by atoms with E-state index in [0.717, 1.165) is 16.6 Å². The number of nitrogens with zero attached hydrogens (tertiary/aromatic N) is 2. The molecule has 84 valence electrons. The Labute approximate surface area is 103 Å². The Morgan fingerprint density at radius 2 is 2.31 bits per heavy atom. The molecule has 0 spiro atoms. The molecule has 0 saturated heterocycles. The smallest absolute Gasteiger partial charge is 0.273 e. The van der Waals surface area contributed by atoms with Gasteiger partial charge in [0.2, 0.25) is 0 Å². The average Bonchev–Trinajstić information content (AvgIpc) is 3.04. The van der Waals surface area contributed by atoms with Crippen molar-refractivity contribution in [2.75, 3.05) is 0 Å². The molecule has 0 N–H and O–H groups in total. The van der Waals surface area contributed by atoms with Gasteiger partial charge in [-0.2, -0.15) is 0 Å². The summed E-state index contributed by atoms with van der Waals surface area (Å²) in [6.45, 7) is 2.87. The number of carbonyl (C=O) groups excluding carboxylic acids is 1. The molecule has 3 nitrogen and oxygen atoms in total. The summed E-state index contributed by atoms with van der Waals surface area (Å²) in [7, 11) is 0. The van der Waals surface area contributed by atoms with Gasteiger partial charge in [0.05, 0.1) is 0 Å². The number of aromatic nitrogens is 1. The van der Waals surface area contributed by atoms with E-state index in [-0.39, 0.29) is 5.91 Å². The molecule has 1 saturated carbocycles. The monoisotopic (exact) mass is 280 g/mol. The first-order chi connectivity index (χ1) is 7.66. The van der Waals surface area contributed by atoms with Crippen LogP contribution in [0.1, 0.15) is 35.8 Å². The lowest BCUT2D eigenvalue weighted by molar-refractivity contribution is 0.0693. The number of hydrogen-bond acceptors (Lipinski definition) is 2. The van der Waals surface area contributed by atoms with Crippen molar-refractivity contribution >= 4 is 21.8 Å². The minimum absolute atomic E-state index is 0.0990. The first-order valence-corrected chi connectivity index (χ1v) is 6.41. The molecule has 1 aliphatic carbocycles. The normalized spacial score (nSPS) is 21.1. The Morgan fingerprint density at radius 3 is 3.00 bits per heavy atom. The largest absolute Gasteiger partial charge is 0.330 e. The van der Waals surface area contributed by atoms with Crippen LogP contribution in [0.15, 0.2) is 16.7 Å². The predicted molar refractivity (Wildman–Crippen MR) is 64.0 cm³/mol. The third kappa shape index (κ3) is 1.56. The molecule has 2 aliphatic rings. The van der Waals surface area contributed by atoms with Crippen molar-refractivity contribution in [1.29, 1.82) is 0 Å². The molecule has 1 aliphatic heterocycles. The molecule has 0 radical (unpaired) electrons. The highest BCUT2D eigenvalue weighted by molar-refractivity contribution is 9.10. The van der Waals surface area contributed by atoms with Gasteiger partial charge in [-0.1, -0.05) is 0 Å². The molecule has 2 heterocycles. The van der Waals surface area contributed by atoms with Crippen LogP contribution in [0.25, 0.3) is 0 Å². The summed E-state index contributed by atoms with van der Waals surface area (Å²) >= 11 is 3.39. The lowest BCUT2D eigenvalue weighted by Gasteiger charge is -2.23. The Bertz CT molecular complexity index is 456. The zero-order chi connectivity index (χ0) is 11.3. The highest BCUT2D eigenvalue weighted by atomic mass is 79.9. The minimum atomic E-state index is 0.0990. The quantitative estimate of drug-likeness (QED) is 0.834. The fourth-order valence-electron chi connectivity index (χ4n) is 2.35. The van der Waals surface area contributed by atoms with Gasteiger partial charge in [-0.25, -0.2) is 4.98 Å². The van der Waals surface area contributed by atoms with Gasteiger partial charge in [0.25, 0.3) is 5.91 Å². The number of halogens is 1. The van der Waals surface area contributed by atoms with Crippen LogP contribution in [0.4, 0.5) is 0 Å². The Kier molecular flexibility index (Phi) is 2.28. The Morgan fingerprint density at radius 1 is 1.56 bits per heavy atom. The van der Waals surface area contributed by atoms with Gasteiger partial charge in [0, 0.05) is 28.8 Å². The fraction of sp³-hybridized carbons (Fsp3) is 0.500. The van der Waals surface area contributed by atoms with Crippen LogP contribution in [0.3, 0.4) is 0 Å². The van der Waals surface area contributed by atoms with Gasteiger partial charge in [-0.3, -0.25) is 4.79 Å². The molecule has 1 fully saturated rings. The summed E-state index contributed by atoms with van der Waals surface area (Å²) < 4.78 is 0.944. The third-order valence-electron chi connectivity index (χ3n) is 3.53. The molecule has 1 aromatic heterocycles. The van der Waals surface area contributed by atoms with Crippen molar-refractivity contribution in [3.8, 4) is 0 Å². The maximum absolute atomic E-state index is 12.1. The van der Waals surface area contributed by atoms with E-state index in [0.29, 0.717) is 17.7 Å². The van der Waals surface area contributed by atoms with Crippen molar-refractivity contribution in [2.45, 2.75) is 32.4 Å². The number of carbonyl (C=O) groups is 1. The second-order valence-corrected chi connectivity index (χ2v) is 5.59. The maximum atomic E-state index is 12.1. The van der Waals surface area contributed by atoms with Gasteiger partial charge >= 0.3 is 0 Å². The second-order valence-electron chi connectivity index (χ2n) is 4.67. The van der Waals surface area contributed by atoms with E-state index >= 15 is 0 Å². The van der Waals surface area contributed by atoms with Gasteiger partial charge in [-0.15, -0.1) is 0 Å². The molecule has 1 aromatic rings. The highest BCUT2D eigenvalue weighted by Gasteiger charge is 2.39. The van der Waals surface area contributed by atoms with E-state index in [9.17, 15) is 4.79 Å². The number of pyridine rings is 1. The Balaban J connectivity index is 1.90. The molecular formula is C12H13BrN2O. The molecule has 0 unspecified atom stereocenters. The number of hydrogen-bond donors (Lipinski definition) is 0. The molecular weight excluding hydrogens is 268 g/mol. The SMILES string of the molecule is C[C@@H](C1CC1)N1Cc2cc(Br)cnc2C1=O. The van der Waals surface area contributed by atoms with Gasteiger partial charge in [-0.05, 0) is 47.7 Å². The third-order valence-corrected chi connectivity index (χ3v) is 3.97. The van der Waals surface area contributed by atoms with Gasteiger partial charge in [0.1, 0.15) is 5.69 Å². The van der Waals surface area contributed by atoms with Crippen molar-refractivity contribution in [3.63, 3.8) is 0 Å². The average molecular weight is 281 g/mol. The summed E-state index contributed by atoms with van der Waals surface area (Å²) in [5.74, 6) is 0.809. The molecule has 3 rings (SSSR count). The van der Waals surface area contributed by atoms with Crippen molar-refractivity contribution in [2.24, 2.45) is 5.92 Å². The van der Waals surface area contributed by atoms with Crippen LogP contribution < -0.4 is 0 Å². The van der Waals surface area contributed by atoms with Crippen molar-refractivity contribution in [3.05, 3.63) is 28.0 Å². The van der Waals surface area contributed by atoms with E-state index in [4.69, 9.17) is 0 Å². The van der Waals surface area contributed by atoms with Crippen LogP contribution in [-0.4, -0.2) is 21.8 Å². The predicted octanol–water partition coefficient (Wildman–Crippen LogP) is 2.60. The Hall–Kier alpha value is -0.900. The molecule has 4 heteroatoms. The van der Waals surface area contributed by atoms with E-state index < -0.39 is 0 Å². The zero-order valence-electron chi connectivity index (χ0n) is 9.11. The first kappa shape index (κ1) is 10.3. The lowest BCUT2D eigenvalue weighted by Crippen LogP contribution is -2.34. The van der Waals surface area contributed by atoms with E-state index in [1.807, 2.05) is 11.0 Å². The lowest BCUT2D eigenvalue weighted by atomic mass is 10.2.